The van der Waals surface area contributed by atoms with Crippen LogP contribution < -0.4 is 14.8 Å². The fourth-order valence-corrected chi connectivity index (χ4v) is 3.41. The molecular weight excluding hydrogens is 314 g/mol. The summed E-state index contributed by atoms with van der Waals surface area (Å²) in [5.41, 5.74) is 4.30. The highest BCUT2D eigenvalue weighted by atomic mass is 16.5. The van der Waals surface area contributed by atoms with Gasteiger partial charge in [-0.25, -0.2) is 0 Å². The van der Waals surface area contributed by atoms with Crippen molar-refractivity contribution in [2.45, 2.75) is 38.6 Å². The number of benzene rings is 2. The molecule has 0 unspecified atom stereocenters. The maximum atomic E-state index is 12.7. The Balaban J connectivity index is 1.78. The Kier molecular flexibility index (Phi) is 5.27. The van der Waals surface area contributed by atoms with Gasteiger partial charge in [-0.1, -0.05) is 6.07 Å². The Hall–Kier alpha value is -2.49. The molecule has 0 aliphatic heterocycles. The molecule has 0 saturated carbocycles. The van der Waals surface area contributed by atoms with Gasteiger partial charge in [-0.3, -0.25) is 4.79 Å². The van der Waals surface area contributed by atoms with Gasteiger partial charge >= 0.3 is 0 Å². The summed E-state index contributed by atoms with van der Waals surface area (Å²) >= 11 is 0. The van der Waals surface area contributed by atoms with Crippen LogP contribution in [0.3, 0.4) is 0 Å². The number of carbonyl (C=O) groups excluding carboxylic acids is 1. The van der Waals surface area contributed by atoms with Crippen LogP contribution in [0, 0.1) is 0 Å². The third kappa shape index (κ3) is 3.78. The van der Waals surface area contributed by atoms with Crippen LogP contribution in [0.1, 0.15) is 52.9 Å². The van der Waals surface area contributed by atoms with Gasteiger partial charge in [0.25, 0.3) is 5.91 Å². The number of amides is 1. The predicted molar refractivity (Wildman–Crippen MR) is 98.5 cm³/mol. The van der Waals surface area contributed by atoms with Crippen LogP contribution >= 0.6 is 0 Å². The van der Waals surface area contributed by atoms with Crippen molar-refractivity contribution in [3.05, 3.63) is 58.7 Å². The van der Waals surface area contributed by atoms with Gasteiger partial charge in [-0.2, -0.15) is 0 Å². The number of aryl methyl sites for hydroxylation is 2. The molecule has 1 N–H and O–H groups in total. The minimum absolute atomic E-state index is 0.0641. The number of methoxy groups -OCH3 is 2. The monoisotopic (exact) mass is 339 g/mol. The molecule has 1 aliphatic carbocycles. The van der Waals surface area contributed by atoms with Crippen molar-refractivity contribution in [3.63, 3.8) is 0 Å². The molecule has 0 saturated heterocycles. The van der Waals surface area contributed by atoms with Crippen molar-refractivity contribution in [3.8, 4) is 11.5 Å². The van der Waals surface area contributed by atoms with Gasteiger partial charge in [0.05, 0.1) is 20.3 Å². The second-order valence-corrected chi connectivity index (χ2v) is 6.49. The fraction of sp³-hybridized carbons (Fsp3) is 0.381. The molecule has 2 aromatic carbocycles. The summed E-state index contributed by atoms with van der Waals surface area (Å²) in [4.78, 5) is 12.7. The minimum atomic E-state index is -0.186. The van der Waals surface area contributed by atoms with E-state index in [1.165, 1.54) is 24.0 Å². The van der Waals surface area contributed by atoms with E-state index < -0.39 is 0 Å². The van der Waals surface area contributed by atoms with E-state index in [-0.39, 0.29) is 11.9 Å². The van der Waals surface area contributed by atoms with Crippen molar-refractivity contribution < 1.29 is 14.3 Å². The molecule has 0 bridgehead atoms. The first kappa shape index (κ1) is 17.3. The third-order valence-electron chi connectivity index (χ3n) is 4.86. The van der Waals surface area contributed by atoms with E-state index in [4.69, 9.17) is 9.47 Å². The van der Waals surface area contributed by atoms with Crippen molar-refractivity contribution >= 4 is 5.91 Å². The van der Waals surface area contributed by atoms with E-state index in [0.29, 0.717) is 0 Å². The van der Waals surface area contributed by atoms with Crippen LogP contribution in [0.4, 0.5) is 0 Å². The molecule has 0 heterocycles. The summed E-state index contributed by atoms with van der Waals surface area (Å²) in [5.74, 6) is 1.41. The number of hydrogen-bond acceptors (Lipinski definition) is 3. The van der Waals surface area contributed by atoms with Crippen molar-refractivity contribution in [1.82, 2.24) is 5.32 Å². The standard InChI is InChI=1S/C21H25NO3/c1-14(19-13-18(24-2)10-11-20(19)25-3)22-21(23)17-9-8-15-6-4-5-7-16(15)12-17/h8-14H,4-7H2,1-3H3,(H,22,23)/t14-/m0/s1. The lowest BCUT2D eigenvalue weighted by atomic mass is 9.90. The Bertz CT molecular complexity index is 770. The second kappa shape index (κ2) is 7.60. The first-order chi connectivity index (χ1) is 12.1. The van der Waals surface area contributed by atoms with E-state index in [1.807, 2.05) is 37.3 Å². The SMILES string of the molecule is COc1ccc(OC)c([C@H](C)NC(=O)c2ccc3c(c2)CCCC3)c1. The van der Waals surface area contributed by atoms with Crippen LogP contribution in [0.25, 0.3) is 0 Å². The topological polar surface area (TPSA) is 47.6 Å². The summed E-state index contributed by atoms with van der Waals surface area (Å²) in [6.07, 6.45) is 4.63. The van der Waals surface area contributed by atoms with E-state index >= 15 is 0 Å². The molecule has 1 amide bonds. The third-order valence-corrected chi connectivity index (χ3v) is 4.86. The zero-order chi connectivity index (χ0) is 17.8. The quantitative estimate of drug-likeness (QED) is 0.893. The maximum absolute atomic E-state index is 12.7. The Labute approximate surface area is 149 Å². The Morgan fingerprint density at radius 1 is 1.00 bits per heavy atom. The van der Waals surface area contributed by atoms with Crippen molar-refractivity contribution in [2.24, 2.45) is 0 Å². The van der Waals surface area contributed by atoms with Crippen molar-refractivity contribution in [1.29, 1.82) is 0 Å². The summed E-state index contributed by atoms with van der Waals surface area (Å²) in [5, 5.41) is 3.07. The second-order valence-electron chi connectivity index (χ2n) is 6.49. The van der Waals surface area contributed by atoms with E-state index in [9.17, 15) is 4.79 Å². The zero-order valence-corrected chi connectivity index (χ0v) is 15.1. The van der Waals surface area contributed by atoms with Gasteiger partial charge in [-0.15, -0.1) is 0 Å². The van der Waals surface area contributed by atoms with Crippen molar-refractivity contribution in [2.75, 3.05) is 14.2 Å². The average molecular weight is 339 g/mol. The molecule has 0 fully saturated rings. The summed E-state index contributed by atoms with van der Waals surface area (Å²) in [6, 6.07) is 11.5. The van der Waals surface area contributed by atoms with Crippen LogP contribution in [-0.2, 0) is 12.8 Å². The lowest BCUT2D eigenvalue weighted by Crippen LogP contribution is -2.27. The highest BCUT2D eigenvalue weighted by Crippen LogP contribution is 2.29. The molecule has 4 heteroatoms. The van der Waals surface area contributed by atoms with E-state index in [1.54, 1.807) is 14.2 Å². The molecule has 4 nitrogen and oxygen atoms in total. The highest BCUT2D eigenvalue weighted by Gasteiger charge is 2.18. The normalized spacial score (nSPS) is 14.4. The Morgan fingerprint density at radius 2 is 1.76 bits per heavy atom. The number of rotatable bonds is 5. The number of ether oxygens (including phenoxy) is 2. The fourth-order valence-electron chi connectivity index (χ4n) is 3.41. The smallest absolute Gasteiger partial charge is 0.251 e. The maximum Gasteiger partial charge on any atom is 0.251 e. The predicted octanol–water partition coefficient (Wildman–Crippen LogP) is 4.07. The van der Waals surface area contributed by atoms with Crippen LogP contribution in [0.15, 0.2) is 36.4 Å². The number of carbonyl (C=O) groups is 1. The Morgan fingerprint density at radius 3 is 2.48 bits per heavy atom. The first-order valence-corrected chi connectivity index (χ1v) is 8.77. The largest absolute Gasteiger partial charge is 0.497 e. The molecule has 25 heavy (non-hydrogen) atoms. The van der Waals surface area contributed by atoms with E-state index in [2.05, 4.69) is 11.4 Å². The molecule has 0 aromatic heterocycles. The lowest BCUT2D eigenvalue weighted by Gasteiger charge is -2.20. The number of nitrogens with one attached hydrogen (secondary N) is 1. The van der Waals surface area contributed by atoms with Gasteiger partial charge in [0, 0.05) is 11.1 Å². The molecule has 2 aromatic rings. The van der Waals surface area contributed by atoms with Crippen LogP contribution in [0.5, 0.6) is 11.5 Å². The summed E-state index contributed by atoms with van der Waals surface area (Å²) in [7, 11) is 3.26. The molecule has 1 aliphatic rings. The van der Waals surface area contributed by atoms with Gasteiger partial charge in [0.2, 0.25) is 0 Å². The highest BCUT2D eigenvalue weighted by molar-refractivity contribution is 5.94. The lowest BCUT2D eigenvalue weighted by molar-refractivity contribution is 0.0939. The molecule has 132 valence electrons. The average Bonchev–Trinajstić information content (AvgIpc) is 2.66. The zero-order valence-electron chi connectivity index (χ0n) is 15.1. The summed E-state index contributed by atoms with van der Waals surface area (Å²) < 4.78 is 10.7. The molecule has 3 rings (SSSR count). The van der Waals surface area contributed by atoms with Gasteiger partial charge in [0.1, 0.15) is 11.5 Å². The molecular formula is C21H25NO3. The molecule has 0 spiro atoms. The van der Waals surface area contributed by atoms with Crippen LogP contribution in [-0.4, -0.2) is 20.1 Å². The number of hydrogen-bond donors (Lipinski definition) is 1. The van der Waals surface area contributed by atoms with E-state index in [0.717, 1.165) is 35.5 Å². The van der Waals surface area contributed by atoms with Gasteiger partial charge < -0.3 is 14.8 Å². The number of fused-ring (bicyclic) bond motifs is 1. The summed E-state index contributed by atoms with van der Waals surface area (Å²) in [6.45, 7) is 1.95. The first-order valence-electron chi connectivity index (χ1n) is 8.77. The van der Waals surface area contributed by atoms with Gasteiger partial charge in [0.15, 0.2) is 0 Å². The molecule has 0 radical (unpaired) electrons. The molecule has 1 atom stereocenters. The van der Waals surface area contributed by atoms with Crippen LogP contribution in [0.2, 0.25) is 0 Å². The minimum Gasteiger partial charge on any atom is -0.497 e. The van der Waals surface area contributed by atoms with Gasteiger partial charge in [-0.05, 0) is 74.1 Å².